The molecule has 27 heavy (non-hydrogen) atoms. The van der Waals surface area contributed by atoms with Crippen LogP contribution in [0.4, 0.5) is 0 Å². The highest BCUT2D eigenvalue weighted by molar-refractivity contribution is 6.40. The number of allylic oxidation sites excluding steroid dienone is 4. The van der Waals surface area contributed by atoms with E-state index in [0.717, 1.165) is 43.7 Å². The molecule has 0 N–H and O–H groups in total. The summed E-state index contributed by atoms with van der Waals surface area (Å²) in [5, 5.41) is 1.34. The zero-order valence-electron chi connectivity index (χ0n) is 16.6. The van der Waals surface area contributed by atoms with Crippen LogP contribution < -0.4 is 0 Å². The molecule has 0 heterocycles. The highest BCUT2D eigenvalue weighted by Crippen LogP contribution is 2.54. The van der Waals surface area contributed by atoms with Crippen molar-refractivity contribution in [3.8, 4) is 0 Å². The largest absolute Gasteiger partial charge is 0.306 e. The van der Waals surface area contributed by atoms with Gasteiger partial charge in [-0.05, 0) is 56.3 Å². The number of benzene rings is 1. The van der Waals surface area contributed by atoms with Crippen LogP contribution in [0.2, 0.25) is 0 Å². The summed E-state index contributed by atoms with van der Waals surface area (Å²) < 4.78 is 0. The topological polar surface area (TPSA) is 20.3 Å². The van der Waals surface area contributed by atoms with Gasteiger partial charge < -0.3 is 9.69 Å². The Morgan fingerprint density at radius 3 is 2.52 bits per heavy atom. The van der Waals surface area contributed by atoms with E-state index < -0.39 is 0 Å². The Kier molecular flexibility index (Phi) is 8.60. The van der Waals surface area contributed by atoms with Crippen LogP contribution in [-0.2, 0) is 11.2 Å². The molecule has 0 saturated heterocycles. The standard InChI is InChI=1S/C23H31Cl2NO/c1-18(2)23(20(13-17-27)10-11-21(24)22(23)25)14-7-15-26(3)16-12-19-8-5-4-6-9-19/h4-6,8-11,17-18,20H,7,12-16H2,1-3H3. The Labute approximate surface area is 174 Å². The molecule has 0 fully saturated rings. The molecule has 0 spiro atoms. The first-order valence-electron chi connectivity index (χ1n) is 9.82. The van der Waals surface area contributed by atoms with Crippen molar-refractivity contribution >= 4 is 29.5 Å². The van der Waals surface area contributed by atoms with Gasteiger partial charge in [-0.1, -0.05) is 73.5 Å². The maximum Gasteiger partial charge on any atom is 0.120 e. The number of likely N-dealkylation sites (N-methyl/N-ethyl adjacent to an activating group) is 1. The highest BCUT2D eigenvalue weighted by Gasteiger charge is 2.45. The summed E-state index contributed by atoms with van der Waals surface area (Å²) >= 11 is 13.1. The number of carbonyl (C=O) groups excluding carboxylic acids is 1. The number of halogens is 2. The summed E-state index contributed by atoms with van der Waals surface area (Å²) in [5.74, 6) is 0.419. The van der Waals surface area contributed by atoms with E-state index in [1.54, 1.807) is 0 Å². The summed E-state index contributed by atoms with van der Waals surface area (Å²) in [7, 11) is 2.17. The lowest BCUT2D eigenvalue weighted by Gasteiger charge is -2.45. The van der Waals surface area contributed by atoms with E-state index in [1.165, 1.54) is 5.56 Å². The van der Waals surface area contributed by atoms with Crippen LogP contribution in [0, 0.1) is 17.3 Å². The highest BCUT2D eigenvalue weighted by atomic mass is 35.5. The van der Waals surface area contributed by atoms with Crippen LogP contribution in [0.15, 0.2) is 52.5 Å². The lowest BCUT2D eigenvalue weighted by Crippen LogP contribution is -2.38. The lowest BCUT2D eigenvalue weighted by molar-refractivity contribution is -0.109. The van der Waals surface area contributed by atoms with Gasteiger partial charge in [-0.2, -0.15) is 0 Å². The molecular formula is C23H31Cl2NO. The molecule has 2 rings (SSSR count). The maximum atomic E-state index is 11.2. The molecule has 1 aromatic rings. The van der Waals surface area contributed by atoms with Gasteiger partial charge in [0.2, 0.25) is 0 Å². The van der Waals surface area contributed by atoms with E-state index in [1.807, 2.05) is 6.08 Å². The van der Waals surface area contributed by atoms with Gasteiger partial charge in [0, 0.05) is 23.4 Å². The molecule has 0 aliphatic heterocycles. The Morgan fingerprint density at radius 1 is 1.19 bits per heavy atom. The zero-order valence-corrected chi connectivity index (χ0v) is 18.1. The average molecular weight is 408 g/mol. The number of carbonyl (C=O) groups is 1. The van der Waals surface area contributed by atoms with Crippen LogP contribution in [0.3, 0.4) is 0 Å². The second-order valence-electron chi connectivity index (χ2n) is 7.87. The Bertz CT molecular complexity index is 668. The number of aldehydes is 1. The van der Waals surface area contributed by atoms with E-state index in [2.05, 4.69) is 62.2 Å². The third kappa shape index (κ3) is 5.47. The summed E-state index contributed by atoms with van der Waals surface area (Å²) in [6.45, 7) is 6.40. The molecule has 1 aliphatic rings. The molecule has 148 valence electrons. The van der Waals surface area contributed by atoms with Crippen molar-refractivity contribution in [3.63, 3.8) is 0 Å². The monoisotopic (exact) mass is 407 g/mol. The maximum absolute atomic E-state index is 11.2. The molecule has 1 aromatic carbocycles. The normalized spacial score (nSPS) is 22.7. The molecule has 0 saturated carbocycles. The van der Waals surface area contributed by atoms with Crippen LogP contribution >= 0.6 is 23.2 Å². The fourth-order valence-electron chi connectivity index (χ4n) is 4.21. The number of hydrogen-bond donors (Lipinski definition) is 0. The molecule has 0 bridgehead atoms. The number of nitrogens with zero attached hydrogens (tertiary/aromatic N) is 1. The fourth-order valence-corrected chi connectivity index (χ4v) is 4.97. The van der Waals surface area contributed by atoms with E-state index in [-0.39, 0.29) is 11.3 Å². The minimum atomic E-state index is -0.255. The van der Waals surface area contributed by atoms with Crippen LogP contribution in [0.25, 0.3) is 0 Å². The second kappa shape index (κ2) is 10.5. The molecular weight excluding hydrogens is 377 g/mol. The first-order valence-corrected chi connectivity index (χ1v) is 10.6. The predicted molar refractivity (Wildman–Crippen MR) is 116 cm³/mol. The quantitative estimate of drug-likeness (QED) is 0.440. The molecule has 2 atom stereocenters. The van der Waals surface area contributed by atoms with Crippen molar-refractivity contribution in [2.75, 3.05) is 20.1 Å². The number of rotatable bonds is 10. The van der Waals surface area contributed by atoms with Gasteiger partial charge in [0.05, 0.1) is 5.03 Å². The van der Waals surface area contributed by atoms with Crippen molar-refractivity contribution in [1.29, 1.82) is 0 Å². The number of hydrogen-bond acceptors (Lipinski definition) is 2. The van der Waals surface area contributed by atoms with Gasteiger partial charge in [0.25, 0.3) is 0 Å². The predicted octanol–water partition coefficient (Wildman–Crippen LogP) is 6.05. The van der Waals surface area contributed by atoms with Gasteiger partial charge in [-0.15, -0.1) is 0 Å². The lowest BCUT2D eigenvalue weighted by atomic mass is 9.62. The molecule has 4 heteroatoms. The zero-order chi connectivity index (χ0) is 19.9. The fraction of sp³-hybridized carbons (Fsp3) is 0.522. The summed E-state index contributed by atoms with van der Waals surface area (Å²) in [6, 6.07) is 10.6. The smallest absolute Gasteiger partial charge is 0.120 e. The van der Waals surface area contributed by atoms with Crippen LogP contribution in [0.1, 0.15) is 38.7 Å². The minimum Gasteiger partial charge on any atom is -0.306 e. The minimum absolute atomic E-state index is 0.111. The molecule has 1 aliphatic carbocycles. The van der Waals surface area contributed by atoms with Crippen LogP contribution in [0.5, 0.6) is 0 Å². The third-order valence-electron chi connectivity index (χ3n) is 5.89. The van der Waals surface area contributed by atoms with Crippen LogP contribution in [-0.4, -0.2) is 31.3 Å². The van der Waals surface area contributed by atoms with Crippen molar-refractivity contribution in [1.82, 2.24) is 4.90 Å². The molecule has 2 unspecified atom stereocenters. The SMILES string of the molecule is CC(C)C1(CCCN(C)CCc2ccccc2)C(Cl)=C(Cl)C=CC1CC=O. The average Bonchev–Trinajstić information content (AvgIpc) is 2.66. The summed E-state index contributed by atoms with van der Waals surface area (Å²) in [5.41, 5.74) is 1.11. The van der Waals surface area contributed by atoms with Gasteiger partial charge >= 0.3 is 0 Å². The van der Waals surface area contributed by atoms with E-state index >= 15 is 0 Å². The van der Waals surface area contributed by atoms with Crippen molar-refractivity contribution in [2.45, 2.75) is 39.5 Å². The molecule has 0 radical (unpaired) electrons. The summed E-state index contributed by atoms with van der Waals surface area (Å²) in [6.07, 6.45) is 8.41. The molecule has 2 nitrogen and oxygen atoms in total. The van der Waals surface area contributed by atoms with Crippen molar-refractivity contribution in [2.24, 2.45) is 17.3 Å². The summed E-state index contributed by atoms with van der Waals surface area (Å²) in [4.78, 5) is 13.6. The third-order valence-corrected chi connectivity index (χ3v) is 6.86. The van der Waals surface area contributed by atoms with Gasteiger partial charge in [0.15, 0.2) is 0 Å². The second-order valence-corrected chi connectivity index (χ2v) is 8.65. The van der Waals surface area contributed by atoms with E-state index in [4.69, 9.17) is 23.2 Å². The van der Waals surface area contributed by atoms with Gasteiger partial charge in [-0.25, -0.2) is 0 Å². The first-order chi connectivity index (χ1) is 12.9. The van der Waals surface area contributed by atoms with E-state index in [0.29, 0.717) is 17.4 Å². The van der Waals surface area contributed by atoms with Gasteiger partial charge in [-0.3, -0.25) is 0 Å². The first kappa shape index (κ1) is 22.2. The Balaban J connectivity index is 1.98. The Hall–Kier alpha value is -1.09. The van der Waals surface area contributed by atoms with E-state index in [9.17, 15) is 4.79 Å². The van der Waals surface area contributed by atoms with Crippen molar-refractivity contribution in [3.05, 3.63) is 58.1 Å². The molecule has 0 aromatic heterocycles. The van der Waals surface area contributed by atoms with Gasteiger partial charge in [0.1, 0.15) is 6.29 Å². The van der Waals surface area contributed by atoms with Crippen molar-refractivity contribution < 1.29 is 4.79 Å². The molecule has 0 amide bonds. The Morgan fingerprint density at radius 2 is 1.89 bits per heavy atom.